The van der Waals surface area contributed by atoms with E-state index in [2.05, 4.69) is 17.3 Å². The summed E-state index contributed by atoms with van der Waals surface area (Å²) >= 11 is 0. The number of rotatable bonds is 2. The minimum atomic E-state index is -0.0432. The van der Waals surface area contributed by atoms with E-state index < -0.39 is 0 Å². The Morgan fingerprint density at radius 1 is 1.13 bits per heavy atom. The molecule has 0 aromatic carbocycles. The molecule has 1 atom stereocenters. The number of aliphatic hydroxyl groups is 1. The van der Waals surface area contributed by atoms with Gasteiger partial charge in [-0.1, -0.05) is 0 Å². The minimum Gasteiger partial charge on any atom is -0.392 e. The summed E-state index contributed by atoms with van der Waals surface area (Å²) in [6.07, 6.45) is 2.27. The van der Waals surface area contributed by atoms with E-state index in [0.717, 1.165) is 39.0 Å². The number of piperidine rings is 1. The number of hydrogen-bond acceptors (Lipinski definition) is 3. The van der Waals surface area contributed by atoms with Gasteiger partial charge in [-0.2, -0.15) is 0 Å². The predicted octanol–water partition coefficient (Wildman–Crippen LogP) is 0.752. The summed E-state index contributed by atoms with van der Waals surface area (Å²) in [7, 11) is 2.12. The zero-order valence-electron chi connectivity index (χ0n) is 9.19. The maximum Gasteiger partial charge on any atom is 0.0621 e. The smallest absolute Gasteiger partial charge is 0.0621 e. The Labute approximate surface area is 104 Å². The lowest BCUT2D eigenvalue weighted by molar-refractivity contribution is -0.0306. The van der Waals surface area contributed by atoms with Crippen LogP contribution in [-0.4, -0.2) is 49.3 Å². The molecular weight excluding hydrogens is 235 g/mol. The molecule has 2 aliphatic heterocycles. The van der Waals surface area contributed by atoms with Crippen molar-refractivity contribution in [3.63, 3.8) is 0 Å². The van der Waals surface area contributed by atoms with E-state index in [4.69, 9.17) is 0 Å². The van der Waals surface area contributed by atoms with E-state index in [0.29, 0.717) is 11.8 Å². The van der Waals surface area contributed by atoms with Gasteiger partial charge in [-0.25, -0.2) is 0 Å². The second-order valence-electron chi connectivity index (χ2n) is 4.56. The van der Waals surface area contributed by atoms with Crippen LogP contribution in [0.5, 0.6) is 0 Å². The first kappa shape index (κ1) is 15.5. The molecule has 2 N–H and O–H groups in total. The molecule has 0 aromatic rings. The van der Waals surface area contributed by atoms with E-state index in [1.165, 1.54) is 0 Å². The van der Waals surface area contributed by atoms with Crippen molar-refractivity contribution in [1.82, 2.24) is 10.2 Å². The number of hydrogen-bond donors (Lipinski definition) is 2. The van der Waals surface area contributed by atoms with Gasteiger partial charge in [0.2, 0.25) is 0 Å². The van der Waals surface area contributed by atoms with E-state index in [1.807, 2.05) is 0 Å². The quantitative estimate of drug-likeness (QED) is 0.766. The summed E-state index contributed by atoms with van der Waals surface area (Å²) < 4.78 is 0. The van der Waals surface area contributed by atoms with Crippen molar-refractivity contribution in [2.45, 2.75) is 18.9 Å². The van der Waals surface area contributed by atoms with Gasteiger partial charge in [0.25, 0.3) is 0 Å². The van der Waals surface area contributed by atoms with Gasteiger partial charge in [0, 0.05) is 19.0 Å². The normalized spacial score (nSPS) is 26.0. The van der Waals surface area contributed by atoms with Crippen LogP contribution >= 0.6 is 24.8 Å². The summed E-state index contributed by atoms with van der Waals surface area (Å²) in [5.41, 5.74) is 0. The van der Waals surface area contributed by atoms with Crippen LogP contribution in [0.2, 0.25) is 0 Å². The lowest BCUT2D eigenvalue weighted by Crippen LogP contribution is -2.52. The average Bonchev–Trinajstić information content (AvgIpc) is 2.13. The van der Waals surface area contributed by atoms with E-state index in [-0.39, 0.29) is 30.9 Å². The second kappa shape index (κ2) is 6.92. The van der Waals surface area contributed by atoms with Crippen LogP contribution in [0.25, 0.3) is 0 Å². The highest BCUT2D eigenvalue weighted by atomic mass is 35.5. The third-order valence-corrected chi connectivity index (χ3v) is 3.44. The molecular formula is C10H22Cl2N2O. The van der Waals surface area contributed by atoms with Crippen LogP contribution in [0.4, 0.5) is 0 Å². The van der Waals surface area contributed by atoms with Crippen molar-refractivity contribution in [2.75, 3.05) is 33.2 Å². The van der Waals surface area contributed by atoms with Crippen LogP contribution in [0.15, 0.2) is 0 Å². The molecule has 0 aliphatic carbocycles. The van der Waals surface area contributed by atoms with Gasteiger partial charge in [-0.3, -0.25) is 0 Å². The van der Waals surface area contributed by atoms with Gasteiger partial charge in [0.15, 0.2) is 0 Å². The fourth-order valence-corrected chi connectivity index (χ4v) is 2.53. The molecule has 2 fully saturated rings. The van der Waals surface area contributed by atoms with Crippen LogP contribution in [0.3, 0.4) is 0 Å². The van der Waals surface area contributed by atoms with Gasteiger partial charge >= 0.3 is 0 Å². The summed E-state index contributed by atoms with van der Waals surface area (Å²) in [5.74, 6) is 1.10. The Kier molecular flexibility index (Phi) is 7.13. The second-order valence-corrected chi connectivity index (χ2v) is 4.56. The molecule has 0 bridgehead atoms. The van der Waals surface area contributed by atoms with Crippen molar-refractivity contribution < 1.29 is 5.11 Å². The first-order valence-electron chi connectivity index (χ1n) is 5.34. The SMILES string of the molecule is CN1CC(C(O)C2CCNCC2)C1.Cl.Cl. The molecule has 2 rings (SSSR count). The highest BCUT2D eigenvalue weighted by Crippen LogP contribution is 2.27. The fourth-order valence-electron chi connectivity index (χ4n) is 2.53. The first-order valence-corrected chi connectivity index (χ1v) is 5.34. The highest BCUT2D eigenvalue weighted by Gasteiger charge is 2.34. The molecule has 92 valence electrons. The molecule has 0 amide bonds. The molecule has 2 aliphatic rings. The summed E-state index contributed by atoms with van der Waals surface area (Å²) in [6, 6.07) is 0. The largest absolute Gasteiger partial charge is 0.392 e. The van der Waals surface area contributed by atoms with Gasteiger partial charge < -0.3 is 15.3 Å². The molecule has 0 aromatic heterocycles. The zero-order chi connectivity index (χ0) is 9.26. The minimum absolute atomic E-state index is 0. The van der Waals surface area contributed by atoms with E-state index >= 15 is 0 Å². The third kappa shape index (κ3) is 3.75. The molecule has 1 unspecified atom stereocenters. The van der Waals surface area contributed by atoms with Crippen LogP contribution in [0.1, 0.15) is 12.8 Å². The summed E-state index contributed by atoms with van der Waals surface area (Å²) in [4.78, 5) is 2.27. The van der Waals surface area contributed by atoms with Gasteiger partial charge in [0.1, 0.15) is 0 Å². The standard InChI is InChI=1S/C10H20N2O.2ClH/c1-12-6-9(7-12)10(13)8-2-4-11-5-3-8;;/h8-11,13H,2-7H2,1H3;2*1H. The summed E-state index contributed by atoms with van der Waals surface area (Å²) in [5, 5.41) is 13.4. The number of likely N-dealkylation sites (tertiary alicyclic amines) is 1. The van der Waals surface area contributed by atoms with Gasteiger partial charge in [-0.05, 0) is 38.9 Å². The number of nitrogens with one attached hydrogen (secondary N) is 1. The highest BCUT2D eigenvalue weighted by molar-refractivity contribution is 5.85. The Morgan fingerprint density at radius 3 is 2.13 bits per heavy atom. The molecule has 2 saturated heterocycles. The van der Waals surface area contributed by atoms with E-state index in [9.17, 15) is 5.11 Å². The molecule has 15 heavy (non-hydrogen) atoms. The molecule has 0 saturated carbocycles. The van der Waals surface area contributed by atoms with Gasteiger partial charge in [0.05, 0.1) is 6.10 Å². The Bertz CT molecular complexity index is 171. The fraction of sp³-hybridized carbons (Fsp3) is 1.00. The van der Waals surface area contributed by atoms with Crippen molar-refractivity contribution in [2.24, 2.45) is 11.8 Å². The lowest BCUT2D eigenvalue weighted by atomic mass is 9.81. The number of aliphatic hydroxyl groups excluding tert-OH is 1. The maximum atomic E-state index is 10.1. The molecule has 0 spiro atoms. The van der Waals surface area contributed by atoms with Crippen LogP contribution in [-0.2, 0) is 0 Å². The van der Waals surface area contributed by atoms with E-state index in [1.54, 1.807) is 0 Å². The monoisotopic (exact) mass is 256 g/mol. The van der Waals surface area contributed by atoms with Crippen LogP contribution in [0, 0.1) is 11.8 Å². The van der Waals surface area contributed by atoms with Crippen molar-refractivity contribution in [3.05, 3.63) is 0 Å². The van der Waals surface area contributed by atoms with Gasteiger partial charge in [-0.15, -0.1) is 24.8 Å². The van der Waals surface area contributed by atoms with Crippen molar-refractivity contribution >= 4 is 24.8 Å². The topological polar surface area (TPSA) is 35.5 Å². The molecule has 0 radical (unpaired) electrons. The Balaban J connectivity index is 0.000000980. The van der Waals surface area contributed by atoms with Crippen LogP contribution < -0.4 is 5.32 Å². The number of nitrogens with zero attached hydrogens (tertiary/aromatic N) is 1. The van der Waals surface area contributed by atoms with Crippen molar-refractivity contribution in [1.29, 1.82) is 0 Å². The lowest BCUT2D eigenvalue weighted by Gasteiger charge is -2.42. The Hall–Kier alpha value is 0.460. The Morgan fingerprint density at radius 2 is 1.67 bits per heavy atom. The maximum absolute atomic E-state index is 10.1. The molecule has 5 heteroatoms. The number of halogens is 2. The predicted molar refractivity (Wildman–Crippen MR) is 67.1 cm³/mol. The first-order chi connectivity index (χ1) is 6.27. The third-order valence-electron chi connectivity index (χ3n) is 3.44. The summed E-state index contributed by atoms with van der Waals surface area (Å²) in [6.45, 7) is 4.35. The van der Waals surface area contributed by atoms with Crippen molar-refractivity contribution in [3.8, 4) is 0 Å². The average molecular weight is 257 g/mol. The zero-order valence-corrected chi connectivity index (χ0v) is 10.8. The molecule has 3 nitrogen and oxygen atoms in total. The molecule has 2 heterocycles.